The van der Waals surface area contributed by atoms with Crippen LogP contribution in [-0.2, 0) is 19.6 Å². The van der Waals surface area contributed by atoms with Gasteiger partial charge in [0.25, 0.3) is 0 Å². The topological polar surface area (TPSA) is 101 Å². The molecule has 1 rings (SSSR count). The molecule has 0 saturated heterocycles. The number of hydrogen-bond donors (Lipinski definition) is 2. The number of aromatic nitrogens is 2. The Morgan fingerprint density at radius 1 is 1.59 bits per heavy atom. The fourth-order valence-corrected chi connectivity index (χ4v) is 2.38. The minimum Gasteiger partial charge on any atom is -0.466 e. The maximum atomic E-state index is 11.7. The number of aryl methyl sites for hydroxylation is 1. The Balaban J connectivity index is 2.52. The van der Waals surface area contributed by atoms with E-state index in [1.807, 2.05) is 0 Å². The number of hydrogen-bond acceptors (Lipinski definition) is 5. The minimum absolute atomic E-state index is 0.00394. The molecular formula is C9H15N3O4S. The summed E-state index contributed by atoms with van der Waals surface area (Å²) in [6, 6.07) is 0. The van der Waals surface area contributed by atoms with Crippen LogP contribution in [-0.4, -0.2) is 37.7 Å². The standard InChI is InChI=1S/C9H15N3O4S/c1-3-16-9(13)4-5-11-17(14,15)8-6-10-12-7(8)2/h6,11H,3-5H2,1-2H3,(H,10,12). The SMILES string of the molecule is CCOC(=O)CCNS(=O)(=O)c1cn[nH]c1C. The molecule has 2 N–H and O–H groups in total. The number of esters is 1. The first-order valence-corrected chi connectivity index (χ1v) is 6.61. The molecule has 0 aromatic carbocycles. The quantitative estimate of drug-likeness (QED) is 0.699. The predicted molar refractivity (Wildman–Crippen MR) is 59.8 cm³/mol. The molecule has 0 unspecified atom stereocenters. The van der Waals surface area contributed by atoms with Crippen molar-refractivity contribution in [1.82, 2.24) is 14.9 Å². The Kier molecular flexibility index (Phi) is 4.64. The molecule has 1 heterocycles. The van der Waals surface area contributed by atoms with Gasteiger partial charge in [-0.25, -0.2) is 13.1 Å². The smallest absolute Gasteiger partial charge is 0.307 e. The molecule has 0 aliphatic rings. The first-order chi connectivity index (χ1) is 7.97. The number of sulfonamides is 1. The monoisotopic (exact) mass is 261 g/mol. The van der Waals surface area contributed by atoms with Crippen LogP contribution in [0.2, 0.25) is 0 Å². The molecule has 0 aliphatic heterocycles. The van der Waals surface area contributed by atoms with Gasteiger partial charge in [0.2, 0.25) is 10.0 Å². The number of nitrogens with one attached hydrogen (secondary N) is 2. The van der Waals surface area contributed by atoms with Gasteiger partial charge in [-0.2, -0.15) is 5.10 Å². The summed E-state index contributed by atoms with van der Waals surface area (Å²) in [5.41, 5.74) is 0.452. The van der Waals surface area contributed by atoms with E-state index >= 15 is 0 Å². The van der Waals surface area contributed by atoms with Gasteiger partial charge in [0.05, 0.1) is 24.9 Å². The summed E-state index contributed by atoms with van der Waals surface area (Å²) < 4.78 is 30.4. The van der Waals surface area contributed by atoms with Crippen molar-refractivity contribution in [3.8, 4) is 0 Å². The highest BCUT2D eigenvalue weighted by atomic mass is 32.2. The van der Waals surface area contributed by atoms with Crippen LogP contribution in [0.15, 0.2) is 11.1 Å². The number of nitrogens with zero attached hydrogens (tertiary/aromatic N) is 1. The Hall–Kier alpha value is -1.41. The van der Waals surface area contributed by atoms with Gasteiger partial charge in [0, 0.05) is 6.54 Å². The number of rotatable bonds is 6. The number of aromatic amines is 1. The highest BCUT2D eigenvalue weighted by Crippen LogP contribution is 2.10. The molecule has 17 heavy (non-hydrogen) atoms. The van der Waals surface area contributed by atoms with Crippen LogP contribution in [0.4, 0.5) is 0 Å². The van der Waals surface area contributed by atoms with Crippen molar-refractivity contribution in [1.29, 1.82) is 0 Å². The van der Waals surface area contributed by atoms with Gasteiger partial charge in [0.1, 0.15) is 4.90 Å². The molecule has 1 aromatic rings. The molecule has 8 heteroatoms. The summed E-state index contributed by atoms with van der Waals surface area (Å²) in [4.78, 5) is 11.1. The van der Waals surface area contributed by atoms with Crippen molar-refractivity contribution in [2.24, 2.45) is 0 Å². The molecule has 7 nitrogen and oxygen atoms in total. The second-order valence-corrected chi connectivity index (χ2v) is 5.05. The lowest BCUT2D eigenvalue weighted by atomic mass is 10.4. The summed E-state index contributed by atoms with van der Waals surface area (Å²) in [5.74, 6) is -0.431. The lowest BCUT2D eigenvalue weighted by Crippen LogP contribution is -2.27. The van der Waals surface area contributed by atoms with E-state index in [0.717, 1.165) is 0 Å². The summed E-state index contributed by atoms with van der Waals surface area (Å²) in [6.45, 7) is 3.59. The van der Waals surface area contributed by atoms with E-state index in [1.54, 1.807) is 13.8 Å². The summed E-state index contributed by atoms with van der Waals surface area (Å²) in [7, 11) is -3.61. The minimum atomic E-state index is -3.61. The summed E-state index contributed by atoms with van der Waals surface area (Å²) in [6.07, 6.45) is 1.23. The zero-order valence-electron chi connectivity index (χ0n) is 9.69. The van der Waals surface area contributed by atoms with E-state index in [0.29, 0.717) is 5.69 Å². The summed E-state index contributed by atoms with van der Waals surface area (Å²) >= 11 is 0. The molecule has 96 valence electrons. The number of carbonyl (C=O) groups is 1. The summed E-state index contributed by atoms with van der Waals surface area (Å²) in [5, 5.41) is 6.16. The third-order valence-corrected chi connectivity index (χ3v) is 3.57. The second-order valence-electron chi connectivity index (χ2n) is 3.31. The first kappa shape index (κ1) is 13.7. The molecule has 0 spiro atoms. The number of carbonyl (C=O) groups excluding carboxylic acids is 1. The average molecular weight is 261 g/mol. The van der Waals surface area contributed by atoms with Gasteiger partial charge in [-0.05, 0) is 13.8 Å². The van der Waals surface area contributed by atoms with Crippen molar-refractivity contribution in [2.45, 2.75) is 25.2 Å². The molecule has 0 atom stereocenters. The van der Waals surface area contributed by atoms with Crippen LogP contribution in [0.5, 0.6) is 0 Å². The Morgan fingerprint density at radius 3 is 2.82 bits per heavy atom. The highest BCUT2D eigenvalue weighted by Gasteiger charge is 2.18. The predicted octanol–water partition coefficient (Wildman–Crippen LogP) is -0.0504. The van der Waals surface area contributed by atoms with Crippen LogP contribution in [0.1, 0.15) is 19.0 Å². The maximum Gasteiger partial charge on any atom is 0.307 e. The molecule has 0 aliphatic carbocycles. The second kappa shape index (κ2) is 5.78. The first-order valence-electron chi connectivity index (χ1n) is 5.12. The van der Waals surface area contributed by atoms with E-state index in [9.17, 15) is 13.2 Å². The van der Waals surface area contributed by atoms with E-state index < -0.39 is 16.0 Å². The molecule has 0 fully saturated rings. The largest absolute Gasteiger partial charge is 0.466 e. The number of H-pyrrole nitrogens is 1. The number of ether oxygens (including phenoxy) is 1. The van der Waals surface area contributed by atoms with Gasteiger partial charge in [-0.15, -0.1) is 0 Å². The highest BCUT2D eigenvalue weighted by molar-refractivity contribution is 7.89. The van der Waals surface area contributed by atoms with E-state index in [-0.39, 0.29) is 24.5 Å². The third-order valence-electron chi connectivity index (χ3n) is 2.00. The van der Waals surface area contributed by atoms with Crippen LogP contribution in [0.3, 0.4) is 0 Å². The zero-order chi connectivity index (χ0) is 12.9. The van der Waals surface area contributed by atoms with Crippen molar-refractivity contribution < 1.29 is 17.9 Å². The fraction of sp³-hybridized carbons (Fsp3) is 0.556. The zero-order valence-corrected chi connectivity index (χ0v) is 10.5. The van der Waals surface area contributed by atoms with Crippen LogP contribution >= 0.6 is 0 Å². The van der Waals surface area contributed by atoms with Crippen molar-refractivity contribution in [3.05, 3.63) is 11.9 Å². The van der Waals surface area contributed by atoms with E-state index in [1.165, 1.54) is 6.20 Å². The molecule has 0 amide bonds. The Labute approximate surface area is 99.6 Å². The normalized spacial score (nSPS) is 11.4. The van der Waals surface area contributed by atoms with Crippen molar-refractivity contribution in [2.75, 3.05) is 13.2 Å². The van der Waals surface area contributed by atoms with Gasteiger partial charge in [-0.3, -0.25) is 9.89 Å². The lowest BCUT2D eigenvalue weighted by molar-refractivity contribution is -0.142. The van der Waals surface area contributed by atoms with E-state index in [4.69, 9.17) is 0 Å². The average Bonchev–Trinajstić information content (AvgIpc) is 2.65. The van der Waals surface area contributed by atoms with Gasteiger partial charge in [0.15, 0.2) is 0 Å². The Morgan fingerprint density at radius 2 is 2.29 bits per heavy atom. The van der Waals surface area contributed by atoms with Crippen molar-refractivity contribution in [3.63, 3.8) is 0 Å². The maximum absolute atomic E-state index is 11.7. The molecule has 0 bridgehead atoms. The lowest BCUT2D eigenvalue weighted by Gasteiger charge is -2.05. The molecule has 0 radical (unpaired) electrons. The third kappa shape index (κ3) is 3.82. The van der Waals surface area contributed by atoms with E-state index in [2.05, 4.69) is 19.7 Å². The van der Waals surface area contributed by atoms with Gasteiger partial charge in [-0.1, -0.05) is 0 Å². The van der Waals surface area contributed by atoms with Crippen LogP contribution in [0, 0.1) is 6.92 Å². The van der Waals surface area contributed by atoms with Crippen LogP contribution in [0.25, 0.3) is 0 Å². The van der Waals surface area contributed by atoms with Gasteiger partial charge >= 0.3 is 5.97 Å². The molecular weight excluding hydrogens is 246 g/mol. The molecule has 1 aromatic heterocycles. The molecule has 0 saturated carbocycles. The fourth-order valence-electron chi connectivity index (χ4n) is 1.21. The van der Waals surface area contributed by atoms with Crippen LogP contribution < -0.4 is 4.72 Å². The Bertz CT molecular complexity index is 480. The van der Waals surface area contributed by atoms with Gasteiger partial charge < -0.3 is 4.74 Å². The van der Waals surface area contributed by atoms with Crippen molar-refractivity contribution >= 4 is 16.0 Å².